The Morgan fingerprint density at radius 3 is 2.67 bits per heavy atom. The van der Waals surface area contributed by atoms with Crippen molar-refractivity contribution in [3.8, 4) is 0 Å². The normalized spacial score (nSPS) is 10.9. The second-order valence-corrected chi connectivity index (χ2v) is 4.88. The lowest BCUT2D eigenvalue weighted by molar-refractivity contribution is 1.09. The molecule has 0 amide bonds. The molecule has 0 saturated heterocycles. The number of rotatable bonds is 0. The van der Waals surface area contributed by atoms with Gasteiger partial charge in [0.2, 0.25) is 0 Å². The smallest absolute Gasteiger partial charge is 0.108 e. The lowest BCUT2D eigenvalue weighted by Crippen LogP contribution is -1.72. The van der Waals surface area contributed by atoms with E-state index >= 15 is 0 Å². The fourth-order valence-electron chi connectivity index (χ4n) is 1.01. The summed E-state index contributed by atoms with van der Waals surface area (Å²) in [5, 5.41) is 8.05. The van der Waals surface area contributed by atoms with Gasteiger partial charge in [0.25, 0.3) is 0 Å². The van der Waals surface area contributed by atoms with Crippen molar-refractivity contribution in [2.75, 3.05) is 0 Å². The Balaban J connectivity index is 2.92. The molecule has 2 nitrogen and oxygen atoms in total. The van der Waals surface area contributed by atoms with Gasteiger partial charge in [-0.3, -0.25) is 5.10 Å². The molecule has 0 atom stereocenters. The van der Waals surface area contributed by atoms with E-state index < -0.39 is 0 Å². The molecular weight excluding hydrogens is 352 g/mol. The monoisotopic (exact) mass is 352 g/mol. The fraction of sp³-hybridized carbons (Fsp3) is 0. The Labute approximate surface area is 94.1 Å². The minimum absolute atomic E-state index is 0.902. The number of fused-ring (bicyclic) bond motifs is 1. The molecule has 1 aromatic heterocycles. The molecule has 5 heteroatoms. The predicted molar refractivity (Wildman–Crippen MR) is 59.2 cm³/mol. The van der Waals surface area contributed by atoms with Gasteiger partial charge in [-0.1, -0.05) is 15.9 Å². The first-order chi connectivity index (χ1) is 5.68. The molecule has 0 radical (unpaired) electrons. The second kappa shape index (κ2) is 3.12. The summed E-state index contributed by atoms with van der Waals surface area (Å²) in [6.45, 7) is 0. The Morgan fingerprint density at radius 2 is 1.92 bits per heavy atom. The van der Waals surface area contributed by atoms with Crippen LogP contribution in [0.25, 0.3) is 10.9 Å². The van der Waals surface area contributed by atoms with Crippen LogP contribution < -0.4 is 0 Å². The molecular formula is C7H3Br3N2. The second-order valence-electron chi connectivity index (χ2n) is 2.32. The lowest BCUT2D eigenvalue weighted by Gasteiger charge is -1.93. The highest BCUT2D eigenvalue weighted by atomic mass is 79.9. The number of nitrogens with zero attached hydrogens (tertiary/aromatic N) is 1. The highest BCUT2D eigenvalue weighted by Crippen LogP contribution is 2.30. The summed E-state index contributed by atoms with van der Waals surface area (Å²) < 4.78 is 2.91. The molecule has 0 fully saturated rings. The molecule has 0 spiro atoms. The van der Waals surface area contributed by atoms with Crippen LogP contribution in [-0.4, -0.2) is 10.2 Å². The summed E-state index contributed by atoms with van der Waals surface area (Å²) in [5.74, 6) is 0. The van der Waals surface area contributed by atoms with E-state index in [1.807, 2.05) is 12.1 Å². The van der Waals surface area contributed by atoms with E-state index in [9.17, 15) is 0 Å². The molecule has 0 aliphatic rings. The van der Waals surface area contributed by atoms with Crippen LogP contribution in [0.15, 0.2) is 25.7 Å². The quantitative estimate of drug-likeness (QED) is 0.765. The van der Waals surface area contributed by atoms with Gasteiger partial charge in [0, 0.05) is 14.3 Å². The van der Waals surface area contributed by atoms with Crippen molar-refractivity contribution < 1.29 is 0 Å². The zero-order valence-corrected chi connectivity index (χ0v) is 10.5. The topological polar surface area (TPSA) is 28.7 Å². The van der Waals surface area contributed by atoms with E-state index in [0.29, 0.717) is 0 Å². The van der Waals surface area contributed by atoms with Crippen LogP contribution >= 0.6 is 47.8 Å². The molecule has 0 aliphatic heterocycles. The molecule has 2 rings (SSSR count). The van der Waals surface area contributed by atoms with Gasteiger partial charge in [-0.25, -0.2) is 0 Å². The Hall–Kier alpha value is 0.130. The number of halogens is 3. The molecule has 62 valence electrons. The van der Waals surface area contributed by atoms with E-state index in [1.165, 1.54) is 0 Å². The zero-order valence-electron chi connectivity index (χ0n) is 5.74. The van der Waals surface area contributed by atoms with Gasteiger partial charge >= 0.3 is 0 Å². The van der Waals surface area contributed by atoms with Crippen molar-refractivity contribution in [1.82, 2.24) is 10.2 Å². The molecule has 1 N–H and O–H groups in total. The average molecular weight is 355 g/mol. The van der Waals surface area contributed by atoms with Crippen LogP contribution in [0, 0.1) is 0 Å². The third-order valence-corrected chi connectivity index (χ3v) is 3.20. The largest absolute Gasteiger partial charge is 0.270 e. The number of nitrogens with one attached hydrogen (secondary N) is 1. The van der Waals surface area contributed by atoms with E-state index in [0.717, 1.165) is 24.5 Å². The summed E-state index contributed by atoms with van der Waals surface area (Å²) >= 11 is 10.2. The molecule has 0 bridgehead atoms. The van der Waals surface area contributed by atoms with Crippen LogP contribution in [0.4, 0.5) is 0 Å². The zero-order chi connectivity index (χ0) is 8.72. The standard InChI is InChI=1S/C7H3Br3N2/c8-3-1-4-6(5(9)2-3)11-12-7(4)10/h1-2H,(H,11,12). The minimum atomic E-state index is 0.902. The number of benzene rings is 1. The molecule has 0 saturated carbocycles. The van der Waals surface area contributed by atoms with Crippen LogP contribution in [0.1, 0.15) is 0 Å². The minimum Gasteiger partial charge on any atom is -0.270 e. The Kier molecular flexibility index (Phi) is 2.27. The highest BCUT2D eigenvalue weighted by Gasteiger charge is 2.06. The summed E-state index contributed by atoms with van der Waals surface area (Å²) in [6.07, 6.45) is 0. The van der Waals surface area contributed by atoms with Crippen LogP contribution in [0.2, 0.25) is 0 Å². The molecule has 12 heavy (non-hydrogen) atoms. The van der Waals surface area contributed by atoms with E-state index in [4.69, 9.17) is 0 Å². The Bertz CT molecular complexity index is 435. The summed E-state index contributed by atoms with van der Waals surface area (Å²) in [6, 6.07) is 3.98. The summed E-state index contributed by atoms with van der Waals surface area (Å²) in [7, 11) is 0. The fourth-order valence-corrected chi connectivity index (χ4v) is 2.72. The first-order valence-electron chi connectivity index (χ1n) is 3.17. The molecule has 0 unspecified atom stereocenters. The Morgan fingerprint density at radius 1 is 1.17 bits per heavy atom. The first-order valence-corrected chi connectivity index (χ1v) is 5.55. The van der Waals surface area contributed by atoms with Crippen LogP contribution in [0.3, 0.4) is 0 Å². The van der Waals surface area contributed by atoms with E-state index in [-0.39, 0.29) is 0 Å². The number of aromatic nitrogens is 2. The molecule has 0 aliphatic carbocycles. The van der Waals surface area contributed by atoms with Gasteiger partial charge in [-0.15, -0.1) is 0 Å². The van der Waals surface area contributed by atoms with Gasteiger partial charge in [0.05, 0.1) is 0 Å². The van der Waals surface area contributed by atoms with Crippen LogP contribution in [0.5, 0.6) is 0 Å². The first kappa shape index (κ1) is 8.72. The van der Waals surface area contributed by atoms with Gasteiger partial charge in [-0.2, -0.15) is 5.10 Å². The van der Waals surface area contributed by atoms with Crippen molar-refractivity contribution in [2.24, 2.45) is 0 Å². The van der Waals surface area contributed by atoms with Crippen molar-refractivity contribution in [1.29, 1.82) is 0 Å². The van der Waals surface area contributed by atoms with Crippen molar-refractivity contribution in [3.63, 3.8) is 0 Å². The number of hydrogen-bond donors (Lipinski definition) is 1. The van der Waals surface area contributed by atoms with Crippen molar-refractivity contribution >= 4 is 58.7 Å². The maximum atomic E-state index is 4.12. The molecule has 1 aromatic carbocycles. The van der Waals surface area contributed by atoms with Gasteiger partial charge in [0.15, 0.2) is 0 Å². The van der Waals surface area contributed by atoms with E-state index in [1.54, 1.807) is 0 Å². The number of H-pyrrole nitrogens is 1. The predicted octanol–water partition coefficient (Wildman–Crippen LogP) is 3.85. The average Bonchev–Trinajstić information content (AvgIpc) is 2.33. The number of hydrogen-bond acceptors (Lipinski definition) is 1. The highest BCUT2D eigenvalue weighted by molar-refractivity contribution is 9.11. The van der Waals surface area contributed by atoms with Gasteiger partial charge < -0.3 is 0 Å². The molecule has 1 heterocycles. The summed E-state index contributed by atoms with van der Waals surface area (Å²) in [5.41, 5.74) is 0.935. The maximum Gasteiger partial charge on any atom is 0.108 e. The maximum absolute atomic E-state index is 4.12. The summed E-state index contributed by atoms with van der Waals surface area (Å²) in [4.78, 5) is 0. The van der Waals surface area contributed by atoms with Crippen LogP contribution in [-0.2, 0) is 0 Å². The lowest BCUT2D eigenvalue weighted by atomic mass is 10.3. The SMILES string of the molecule is Brc1cc(Br)c2n[nH]c(Br)c2c1. The number of aromatic amines is 1. The molecule has 2 aromatic rings. The van der Waals surface area contributed by atoms with E-state index in [2.05, 4.69) is 58.0 Å². The van der Waals surface area contributed by atoms with Gasteiger partial charge in [-0.05, 0) is 44.0 Å². The van der Waals surface area contributed by atoms with Gasteiger partial charge in [0.1, 0.15) is 10.1 Å². The third-order valence-electron chi connectivity index (χ3n) is 1.53. The van der Waals surface area contributed by atoms with Crippen molar-refractivity contribution in [3.05, 3.63) is 25.7 Å². The van der Waals surface area contributed by atoms with Crippen molar-refractivity contribution in [2.45, 2.75) is 0 Å². The third kappa shape index (κ3) is 1.34.